The molecular weight excluding hydrogens is 520 g/mol. The summed E-state index contributed by atoms with van der Waals surface area (Å²) in [6.07, 6.45) is 52.1. The van der Waals surface area contributed by atoms with Crippen LogP contribution < -0.4 is 0 Å². The highest BCUT2D eigenvalue weighted by molar-refractivity contribution is 4.86. The quantitative estimate of drug-likeness (QED) is 0.0504. The molecule has 0 heterocycles. The minimum Gasteiger partial charge on any atom is -0.367 e. The van der Waals surface area contributed by atoms with Crippen LogP contribution in [0.25, 0.3) is 0 Å². The van der Waals surface area contributed by atoms with Gasteiger partial charge in [0.1, 0.15) is 0 Å². The lowest BCUT2D eigenvalue weighted by Gasteiger charge is -2.20. The summed E-state index contributed by atoms with van der Waals surface area (Å²) in [7, 11) is 0. The molecule has 1 heteroatoms. The highest BCUT2D eigenvalue weighted by atomic mass is 16.5. The molecule has 256 valence electrons. The standard InChI is InChI=1S/C42H82O/c1-5-9-11-13-15-17-19-21-23-25-27-29-31-33-35-37-39-41(7-3)43-42(8-4)40-38-36-34-32-30-28-26-24-22-20-18-16-14-12-10-6-2/h7-8,41-42H,3-6,9-40H2,1-2H3. The molecule has 0 aromatic heterocycles. The Morgan fingerprint density at radius 2 is 0.512 bits per heavy atom. The summed E-state index contributed by atoms with van der Waals surface area (Å²) in [4.78, 5) is 0. The molecule has 0 N–H and O–H groups in total. The molecule has 0 fully saturated rings. The van der Waals surface area contributed by atoms with Gasteiger partial charge in [0.25, 0.3) is 0 Å². The first-order chi connectivity index (χ1) is 21.3. The first-order valence-corrected chi connectivity index (χ1v) is 20.2. The van der Waals surface area contributed by atoms with E-state index in [1.807, 2.05) is 12.2 Å². The smallest absolute Gasteiger partial charge is 0.0761 e. The fourth-order valence-corrected chi connectivity index (χ4v) is 6.49. The van der Waals surface area contributed by atoms with E-state index in [4.69, 9.17) is 4.74 Å². The molecule has 0 aliphatic heterocycles. The van der Waals surface area contributed by atoms with Gasteiger partial charge in [0, 0.05) is 0 Å². The normalized spacial score (nSPS) is 12.9. The molecule has 0 radical (unpaired) electrons. The molecule has 0 aliphatic carbocycles. The van der Waals surface area contributed by atoms with Crippen molar-refractivity contribution in [2.24, 2.45) is 0 Å². The molecule has 0 saturated carbocycles. The van der Waals surface area contributed by atoms with Crippen LogP contribution in [0.3, 0.4) is 0 Å². The van der Waals surface area contributed by atoms with E-state index in [0.29, 0.717) is 0 Å². The number of hydrogen-bond acceptors (Lipinski definition) is 1. The number of rotatable bonds is 38. The summed E-state index contributed by atoms with van der Waals surface area (Å²) in [5, 5.41) is 0. The van der Waals surface area contributed by atoms with Gasteiger partial charge in [-0.05, 0) is 12.8 Å². The minimum absolute atomic E-state index is 0.190. The van der Waals surface area contributed by atoms with Crippen LogP contribution in [0, 0.1) is 0 Å². The summed E-state index contributed by atoms with van der Waals surface area (Å²) < 4.78 is 6.36. The zero-order valence-electron chi connectivity index (χ0n) is 30.2. The van der Waals surface area contributed by atoms with Crippen LogP contribution >= 0.6 is 0 Å². The maximum absolute atomic E-state index is 6.36. The molecule has 2 unspecified atom stereocenters. The van der Waals surface area contributed by atoms with Gasteiger partial charge in [-0.1, -0.05) is 231 Å². The van der Waals surface area contributed by atoms with Crippen LogP contribution in [0.2, 0.25) is 0 Å². The van der Waals surface area contributed by atoms with E-state index in [1.54, 1.807) is 0 Å². The fourth-order valence-electron chi connectivity index (χ4n) is 6.49. The molecule has 0 aliphatic rings. The van der Waals surface area contributed by atoms with Crippen molar-refractivity contribution in [1.29, 1.82) is 0 Å². The third-order valence-corrected chi connectivity index (χ3v) is 9.56. The van der Waals surface area contributed by atoms with E-state index in [-0.39, 0.29) is 12.2 Å². The van der Waals surface area contributed by atoms with Gasteiger partial charge in [-0.15, -0.1) is 13.2 Å². The highest BCUT2D eigenvalue weighted by Gasteiger charge is 2.11. The Morgan fingerprint density at radius 1 is 0.326 bits per heavy atom. The average molecular weight is 603 g/mol. The van der Waals surface area contributed by atoms with Crippen molar-refractivity contribution in [1.82, 2.24) is 0 Å². The van der Waals surface area contributed by atoms with Gasteiger partial charge in [0.05, 0.1) is 12.2 Å². The van der Waals surface area contributed by atoms with Crippen molar-refractivity contribution in [3.8, 4) is 0 Å². The molecule has 2 atom stereocenters. The minimum atomic E-state index is 0.190. The van der Waals surface area contributed by atoms with Crippen LogP contribution in [0.1, 0.15) is 232 Å². The highest BCUT2D eigenvalue weighted by Crippen LogP contribution is 2.19. The monoisotopic (exact) mass is 603 g/mol. The Balaban J connectivity index is 3.49. The molecule has 0 saturated heterocycles. The van der Waals surface area contributed by atoms with Crippen molar-refractivity contribution >= 4 is 0 Å². The molecule has 0 aromatic carbocycles. The Bertz CT molecular complexity index is 479. The van der Waals surface area contributed by atoms with Gasteiger partial charge < -0.3 is 4.74 Å². The molecule has 0 bridgehead atoms. The lowest BCUT2D eigenvalue weighted by atomic mass is 10.0. The van der Waals surface area contributed by atoms with Gasteiger partial charge >= 0.3 is 0 Å². The number of ether oxygens (including phenoxy) is 1. The van der Waals surface area contributed by atoms with Crippen LogP contribution in [0.4, 0.5) is 0 Å². The maximum Gasteiger partial charge on any atom is 0.0761 e. The van der Waals surface area contributed by atoms with E-state index < -0.39 is 0 Å². The number of hydrogen-bond donors (Lipinski definition) is 0. The maximum atomic E-state index is 6.36. The second-order valence-electron chi connectivity index (χ2n) is 13.9. The zero-order valence-corrected chi connectivity index (χ0v) is 30.2. The molecule has 0 aromatic rings. The molecule has 0 rings (SSSR count). The number of unbranched alkanes of at least 4 members (excludes halogenated alkanes) is 30. The van der Waals surface area contributed by atoms with Crippen LogP contribution in [-0.4, -0.2) is 12.2 Å². The van der Waals surface area contributed by atoms with Gasteiger partial charge in [-0.3, -0.25) is 0 Å². The molecule has 0 amide bonds. The van der Waals surface area contributed by atoms with Gasteiger partial charge in [-0.25, -0.2) is 0 Å². The predicted molar refractivity (Wildman–Crippen MR) is 197 cm³/mol. The van der Waals surface area contributed by atoms with Crippen molar-refractivity contribution in [3.05, 3.63) is 25.3 Å². The summed E-state index contributed by atoms with van der Waals surface area (Å²) in [6, 6.07) is 0. The van der Waals surface area contributed by atoms with Gasteiger partial charge in [0.15, 0.2) is 0 Å². The molecule has 43 heavy (non-hydrogen) atoms. The van der Waals surface area contributed by atoms with Crippen molar-refractivity contribution in [3.63, 3.8) is 0 Å². The zero-order chi connectivity index (χ0) is 31.3. The topological polar surface area (TPSA) is 9.23 Å². The molecule has 0 spiro atoms. The second kappa shape index (κ2) is 37.6. The van der Waals surface area contributed by atoms with Crippen LogP contribution in [0.15, 0.2) is 25.3 Å². The largest absolute Gasteiger partial charge is 0.367 e. The van der Waals surface area contributed by atoms with E-state index in [9.17, 15) is 0 Å². The SMILES string of the molecule is C=CC(CCCCCCCCCCCCCCCCCC)OC(C=C)CCCCCCCCCCCCCCCCCC. The van der Waals surface area contributed by atoms with E-state index >= 15 is 0 Å². The first-order valence-electron chi connectivity index (χ1n) is 20.2. The molecular formula is C42H82O. The fraction of sp³-hybridized carbons (Fsp3) is 0.905. The Labute approximate surface area is 273 Å². The van der Waals surface area contributed by atoms with Crippen LogP contribution in [-0.2, 0) is 4.74 Å². The molecule has 1 nitrogen and oxygen atoms in total. The average Bonchev–Trinajstić information content (AvgIpc) is 3.02. The van der Waals surface area contributed by atoms with Gasteiger partial charge in [0.2, 0.25) is 0 Å². The third-order valence-electron chi connectivity index (χ3n) is 9.56. The van der Waals surface area contributed by atoms with Crippen LogP contribution in [0.5, 0.6) is 0 Å². The summed E-state index contributed by atoms with van der Waals surface area (Å²) in [5.41, 5.74) is 0. The van der Waals surface area contributed by atoms with Crippen molar-refractivity contribution < 1.29 is 4.74 Å². The van der Waals surface area contributed by atoms with Crippen molar-refractivity contribution in [2.45, 2.75) is 244 Å². The van der Waals surface area contributed by atoms with Crippen molar-refractivity contribution in [2.75, 3.05) is 0 Å². The second-order valence-corrected chi connectivity index (χ2v) is 13.9. The lowest BCUT2D eigenvalue weighted by molar-refractivity contribution is 0.0299. The Morgan fingerprint density at radius 3 is 0.698 bits per heavy atom. The third kappa shape index (κ3) is 34.2. The lowest BCUT2D eigenvalue weighted by Crippen LogP contribution is -2.19. The van der Waals surface area contributed by atoms with E-state index in [2.05, 4.69) is 27.0 Å². The summed E-state index contributed by atoms with van der Waals surface area (Å²) >= 11 is 0. The van der Waals surface area contributed by atoms with E-state index in [1.165, 1.54) is 205 Å². The predicted octanol–water partition coefficient (Wildman–Crippen LogP) is 15.4. The Hall–Kier alpha value is -0.560. The first kappa shape index (κ1) is 42.4. The van der Waals surface area contributed by atoms with Gasteiger partial charge in [-0.2, -0.15) is 0 Å². The summed E-state index contributed by atoms with van der Waals surface area (Å²) in [6.45, 7) is 12.7. The Kier molecular flexibility index (Phi) is 37.1. The summed E-state index contributed by atoms with van der Waals surface area (Å²) in [5.74, 6) is 0. The van der Waals surface area contributed by atoms with E-state index in [0.717, 1.165) is 12.8 Å².